The molecule has 3 heteroatoms. The van der Waals surface area contributed by atoms with Crippen LogP contribution in [0.2, 0.25) is 0 Å². The lowest BCUT2D eigenvalue weighted by atomic mass is 10.0. The quantitative estimate of drug-likeness (QED) is 0.859. The fourth-order valence-electron chi connectivity index (χ4n) is 3.87. The summed E-state index contributed by atoms with van der Waals surface area (Å²) >= 11 is 0. The van der Waals surface area contributed by atoms with Gasteiger partial charge in [-0.2, -0.15) is 0 Å². The van der Waals surface area contributed by atoms with Gasteiger partial charge in [0.15, 0.2) is 0 Å². The number of amides is 1. The van der Waals surface area contributed by atoms with Crippen LogP contribution in [0.1, 0.15) is 5.56 Å². The summed E-state index contributed by atoms with van der Waals surface area (Å²) in [5, 5.41) is 3.03. The Labute approximate surface area is 143 Å². The number of carbonyl (C=O) groups excluding carboxylic acids is 1. The molecule has 1 N–H and O–H groups in total. The highest BCUT2D eigenvalue weighted by molar-refractivity contribution is 5.87. The summed E-state index contributed by atoms with van der Waals surface area (Å²) in [6.45, 7) is 6.66. The molecule has 0 radical (unpaired) electrons. The van der Waals surface area contributed by atoms with Crippen LogP contribution in [0.25, 0.3) is 11.1 Å². The van der Waals surface area contributed by atoms with Crippen molar-refractivity contribution in [1.82, 2.24) is 10.2 Å². The second kappa shape index (κ2) is 6.25. The maximum absolute atomic E-state index is 11.4. The normalized spacial score (nSPS) is 25.1. The summed E-state index contributed by atoms with van der Waals surface area (Å²) in [5.74, 6) is 1.20. The van der Waals surface area contributed by atoms with Crippen molar-refractivity contribution in [2.75, 3.05) is 13.1 Å². The molecule has 2 fully saturated rings. The molecule has 24 heavy (non-hydrogen) atoms. The summed E-state index contributed by atoms with van der Waals surface area (Å²) < 4.78 is 0. The van der Waals surface area contributed by atoms with Crippen molar-refractivity contribution in [3.63, 3.8) is 0 Å². The van der Waals surface area contributed by atoms with Crippen LogP contribution in [-0.4, -0.2) is 29.9 Å². The zero-order valence-electron chi connectivity index (χ0n) is 13.7. The van der Waals surface area contributed by atoms with E-state index < -0.39 is 0 Å². The Hall–Kier alpha value is -2.39. The second-order valence-corrected chi connectivity index (χ2v) is 6.82. The molecule has 2 aromatic carbocycles. The number of piperidine rings is 1. The number of nitrogens with one attached hydrogen (secondary N) is 1. The fourth-order valence-corrected chi connectivity index (χ4v) is 3.87. The van der Waals surface area contributed by atoms with E-state index in [0.717, 1.165) is 19.6 Å². The minimum atomic E-state index is -0.0440. The number of nitrogens with zero attached hydrogens (tertiary/aromatic N) is 1. The first kappa shape index (κ1) is 15.2. The predicted molar refractivity (Wildman–Crippen MR) is 96.3 cm³/mol. The standard InChI is InChI=1S/C21H22N2O/c1-2-20(24)22-21-18-13-23(14-19(18)21)12-15-8-10-17(11-9-15)16-6-4-3-5-7-16/h2-11,18-19,21H,1,12-14H2,(H,22,24)/t18-,19+,21+. The summed E-state index contributed by atoms with van der Waals surface area (Å²) in [5.41, 5.74) is 3.87. The van der Waals surface area contributed by atoms with Gasteiger partial charge in [0.25, 0.3) is 0 Å². The van der Waals surface area contributed by atoms with Crippen molar-refractivity contribution < 1.29 is 4.79 Å². The van der Waals surface area contributed by atoms with E-state index in [9.17, 15) is 4.79 Å². The number of fused-ring (bicyclic) bond motifs is 1. The van der Waals surface area contributed by atoms with E-state index >= 15 is 0 Å². The van der Waals surface area contributed by atoms with Crippen molar-refractivity contribution in [3.8, 4) is 11.1 Å². The Kier molecular flexibility index (Phi) is 3.95. The largest absolute Gasteiger partial charge is 0.349 e. The van der Waals surface area contributed by atoms with Gasteiger partial charge < -0.3 is 5.32 Å². The van der Waals surface area contributed by atoms with Gasteiger partial charge in [-0.25, -0.2) is 0 Å². The van der Waals surface area contributed by atoms with Gasteiger partial charge in [0.2, 0.25) is 5.91 Å². The minimum Gasteiger partial charge on any atom is -0.349 e. The van der Waals surface area contributed by atoms with Crippen LogP contribution < -0.4 is 5.32 Å². The molecule has 0 aromatic heterocycles. The third-order valence-electron chi connectivity index (χ3n) is 5.23. The molecule has 1 heterocycles. The molecule has 1 saturated carbocycles. The van der Waals surface area contributed by atoms with E-state index in [1.807, 2.05) is 6.07 Å². The molecule has 4 rings (SSSR count). The molecule has 1 saturated heterocycles. The summed E-state index contributed by atoms with van der Waals surface area (Å²) in [4.78, 5) is 13.9. The van der Waals surface area contributed by atoms with Crippen LogP contribution in [0.3, 0.4) is 0 Å². The molecule has 0 spiro atoms. The van der Waals surface area contributed by atoms with E-state index in [4.69, 9.17) is 0 Å². The first-order valence-electron chi connectivity index (χ1n) is 8.54. The average Bonchev–Trinajstić information content (AvgIpc) is 3.06. The van der Waals surface area contributed by atoms with E-state index in [-0.39, 0.29) is 5.91 Å². The van der Waals surface area contributed by atoms with Gasteiger partial charge in [0, 0.05) is 25.7 Å². The molecule has 3 atom stereocenters. The zero-order chi connectivity index (χ0) is 16.5. The molecule has 3 nitrogen and oxygen atoms in total. The first-order chi connectivity index (χ1) is 11.7. The second-order valence-electron chi connectivity index (χ2n) is 6.82. The van der Waals surface area contributed by atoms with E-state index in [1.165, 1.54) is 22.8 Å². The lowest BCUT2D eigenvalue weighted by Gasteiger charge is -2.20. The van der Waals surface area contributed by atoms with Crippen molar-refractivity contribution in [1.29, 1.82) is 0 Å². The van der Waals surface area contributed by atoms with Crippen LogP contribution in [0.4, 0.5) is 0 Å². The fraction of sp³-hybridized carbons (Fsp3) is 0.286. The maximum Gasteiger partial charge on any atom is 0.243 e. The highest BCUT2D eigenvalue weighted by Gasteiger charge is 2.55. The van der Waals surface area contributed by atoms with Gasteiger partial charge in [0.1, 0.15) is 0 Å². The van der Waals surface area contributed by atoms with Gasteiger partial charge in [-0.1, -0.05) is 61.2 Å². The monoisotopic (exact) mass is 318 g/mol. The number of rotatable bonds is 5. The highest BCUT2D eigenvalue weighted by atomic mass is 16.1. The summed E-state index contributed by atoms with van der Waals surface area (Å²) in [7, 11) is 0. The molecule has 122 valence electrons. The average molecular weight is 318 g/mol. The summed E-state index contributed by atoms with van der Waals surface area (Å²) in [6, 6.07) is 19.7. The molecule has 1 aliphatic heterocycles. The Morgan fingerprint density at radius 3 is 2.29 bits per heavy atom. The number of hydrogen-bond donors (Lipinski definition) is 1. The van der Waals surface area contributed by atoms with Crippen LogP contribution in [0.5, 0.6) is 0 Å². The first-order valence-corrected chi connectivity index (χ1v) is 8.54. The van der Waals surface area contributed by atoms with Gasteiger partial charge in [-0.15, -0.1) is 0 Å². The molecular formula is C21H22N2O. The minimum absolute atomic E-state index is 0.0440. The third-order valence-corrected chi connectivity index (χ3v) is 5.23. The molecule has 1 amide bonds. The molecule has 1 aliphatic carbocycles. The van der Waals surface area contributed by atoms with Gasteiger partial charge in [-0.3, -0.25) is 9.69 Å². The SMILES string of the molecule is C=CC(=O)N[C@H]1[C@@H]2CN(Cc3ccc(-c4ccccc4)cc3)C[C@@H]21. The third kappa shape index (κ3) is 3.00. The lowest BCUT2D eigenvalue weighted by molar-refractivity contribution is -0.116. The number of hydrogen-bond acceptors (Lipinski definition) is 2. The van der Waals surface area contributed by atoms with E-state index in [0.29, 0.717) is 17.9 Å². The number of likely N-dealkylation sites (tertiary alicyclic amines) is 1. The number of benzene rings is 2. The highest BCUT2D eigenvalue weighted by Crippen LogP contribution is 2.45. The number of carbonyl (C=O) groups is 1. The predicted octanol–water partition coefficient (Wildman–Crippen LogP) is 3.09. The molecular weight excluding hydrogens is 296 g/mol. The van der Waals surface area contributed by atoms with Crippen molar-refractivity contribution in [2.45, 2.75) is 12.6 Å². The van der Waals surface area contributed by atoms with Gasteiger partial charge in [0.05, 0.1) is 0 Å². The van der Waals surface area contributed by atoms with E-state index in [2.05, 4.69) is 65.3 Å². The van der Waals surface area contributed by atoms with Crippen LogP contribution in [0, 0.1) is 11.8 Å². The van der Waals surface area contributed by atoms with Crippen LogP contribution in [0.15, 0.2) is 67.3 Å². The Morgan fingerprint density at radius 1 is 1.04 bits per heavy atom. The Morgan fingerprint density at radius 2 is 1.67 bits per heavy atom. The topological polar surface area (TPSA) is 32.3 Å². The van der Waals surface area contributed by atoms with Crippen molar-refractivity contribution in [2.24, 2.45) is 11.8 Å². The summed E-state index contributed by atoms with van der Waals surface area (Å²) in [6.07, 6.45) is 1.36. The maximum atomic E-state index is 11.4. The van der Waals surface area contributed by atoms with Crippen LogP contribution >= 0.6 is 0 Å². The van der Waals surface area contributed by atoms with Crippen LogP contribution in [-0.2, 0) is 11.3 Å². The van der Waals surface area contributed by atoms with Gasteiger partial charge in [-0.05, 0) is 34.6 Å². The molecule has 2 aromatic rings. The van der Waals surface area contributed by atoms with E-state index in [1.54, 1.807) is 0 Å². The van der Waals surface area contributed by atoms with Crippen molar-refractivity contribution >= 4 is 5.91 Å². The lowest BCUT2D eigenvalue weighted by Crippen LogP contribution is -2.33. The Bertz CT molecular complexity index is 726. The van der Waals surface area contributed by atoms with Crippen molar-refractivity contribution in [3.05, 3.63) is 72.8 Å². The Balaban J connectivity index is 1.32. The van der Waals surface area contributed by atoms with Gasteiger partial charge >= 0.3 is 0 Å². The molecule has 0 unspecified atom stereocenters. The smallest absolute Gasteiger partial charge is 0.243 e. The zero-order valence-corrected chi connectivity index (χ0v) is 13.7. The molecule has 2 aliphatic rings. The molecule has 0 bridgehead atoms.